The van der Waals surface area contributed by atoms with Crippen LogP contribution < -0.4 is 5.56 Å². The highest BCUT2D eigenvalue weighted by atomic mass is 16.1. The normalized spacial score (nSPS) is 15.0. The van der Waals surface area contributed by atoms with Crippen molar-refractivity contribution in [2.24, 2.45) is 0 Å². The van der Waals surface area contributed by atoms with E-state index < -0.39 is 0 Å². The Hall–Kier alpha value is -2.53. The van der Waals surface area contributed by atoms with Gasteiger partial charge in [0.05, 0.1) is 10.9 Å². The molecule has 1 aliphatic rings. The minimum atomic E-state index is -0.0832. The number of hydrogen-bond donors (Lipinski definition) is 1. The Bertz CT molecular complexity index is 982. The van der Waals surface area contributed by atoms with E-state index in [1.54, 1.807) is 0 Å². The number of H-pyrrole nitrogens is 1. The second kappa shape index (κ2) is 7.00. The fourth-order valence-corrected chi connectivity index (χ4v) is 3.74. The molecule has 0 spiro atoms. The van der Waals surface area contributed by atoms with Gasteiger partial charge in [-0.05, 0) is 76.0 Å². The molecule has 1 saturated heterocycles. The zero-order chi connectivity index (χ0) is 18.1. The van der Waals surface area contributed by atoms with Gasteiger partial charge in [-0.1, -0.05) is 6.07 Å². The highest BCUT2D eigenvalue weighted by Crippen LogP contribution is 2.19. The van der Waals surface area contributed by atoms with E-state index in [4.69, 9.17) is 0 Å². The highest BCUT2D eigenvalue weighted by Gasteiger charge is 2.12. The summed E-state index contributed by atoms with van der Waals surface area (Å²) in [6.07, 6.45) is 3.58. The molecule has 0 atom stereocenters. The van der Waals surface area contributed by atoms with E-state index in [-0.39, 0.29) is 5.56 Å². The van der Waals surface area contributed by atoms with Gasteiger partial charge in [0.2, 0.25) is 0 Å². The summed E-state index contributed by atoms with van der Waals surface area (Å²) in [7, 11) is 0. The van der Waals surface area contributed by atoms with Crippen molar-refractivity contribution in [2.45, 2.75) is 33.1 Å². The van der Waals surface area contributed by atoms with Crippen LogP contribution in [0.25, 0.3) is 22.3 Å². The molecule has 5 nitrogen and oxygen atoms in total. The van der Waals surface area contributed by atoms with E-state index in [2.05, 4.69) is 25.9 Å². The smallest absolute Gasteiger partial charge is 0.259 e. The number of pyridine rings is 1. The van der Waals surface area contributed by atoms with E-state index in [1.807, 2.05) is 38.1 Å². The van der Waals surface area contributed by atoms with Crippen LogP contribution in [0, 0.1) is 13.8 Å². The van der Waals surface area contributed by atoms with Crippen molar-refractivity contribution in [3.63, 3.8) is 0 Å². The first-order valence-electron chi connectivity index (χ1n) is 9.29. The van der Waals surface area contributed by atoms with Crippen LogP contribution in [0.2, 0.25) is 0 Å². The van der Waals surface area contributed by atoms with Crippen LogP contribution in [0.4, 0.5) is 0 Å². The largest absolute Gasteiger partial charge is 0.306 e. The number of benzene rings is 1. The standard InChI is InChI=1S/C21H24N4O/c1-14-11-17(12-15(2)22-14)20-23-19-6-5-16(13-18(19)21(26)24-20)7-10-25-8-3-4-9-25/h5-6,11-13H,3-4,7-10H2,1-2H3,(H,23,24,26). The molecular weight excluding hydrogens is 324 g/mol. The Labute approximate surface area is 153 Å². The van der Waals surface area contributed by atoms with Crippen molar-refractivity contribution < 1.29 is 0 Å². The van der Waals surface area contributed by atoms with Crippen LogP contribution in [0.15, 0.2) is 35.1 Å². The van der Waals surface area contributed by atoms with Crippen molar-refractivity contribution in [1.82, 2.24) is 19.9 Å². The minimum Gasteiger partial charge on any atom is -0.306 e. The summed E-state index contributed by atoms with van der Waals surface area (Å²) in [6.45, 7) is 7.35. The van der Waals surface area contributed by atoms with Crippen LogP contribution in [0.5, 0.6) is 0 Å². The Kier molecular flexibility index (Phi) is 4.55. The zero-order valence-corrected chi connectivity index (χ0v) is 15.4. The monoisotopic (exact) mass is 348 g/mol. The molecule has 2 aromatic heterocycles. The molecule has 26 heavy (non-hydrogen) atoms. The van der Waals surface area contributed by atoms with Crippen LogP contribution in [-0.4, -0.2) is 39.5 Å². The number of fused-ring (bicyclic) bond motifs is 1. The van der Waals surface area contributed by atoms with Crippen molar-refractivity contribution in [3.8, 4) is 11.4 Å². The molecule has 3 aromatic rings. The zero-order valence-electron chi connectivity index (χ0n) is 15.4. The van der Waals surface area contributed by atoms with Crippen LogP contribution >= 0.6 is 0 Å². The Morgan fingerprint density at radius 3 is 2.50 bits per heavy atom. The summed E-state index contributed by atoms with van der Waals surface area (Å²) >= 11 is 0. The van der Waals surface area contributed by atoms with Gasteiger partial charge in [0.25, 0.3) is 5.56 Å². The topological polar surface area (TPSA) is 61.9 Å². The second-order valence-corrected chi connectivity index (χ2v) is 7.20. The lowest BCUT2D eigenvalue weighted by Gasteiger charge is -2.14. The number of hydrogen-bond acceptors (Lipinski definition) is 4. The molecule has 0 radical (unpaired) electrons. The third-order valence-electron chi connectivity index (χ3n) is 5.04. The van der Waals surface area contributed by atoms with E-state index in [0.29, 0.717) is 11.2 Å². The Morgan fingerprint density at radius 2 is 1.77 bits per heavy atom. The first kappa shape index (κ1) is 16.9. The van der Waals surface area contributed by atoms with Gasteiger partial charge in [-0.25, -0.2) is 4.98 Å². The molecule has 0 aliphatic carbocycles. The maximum Gasteiger partial charge on any atom is 0.259 e. The molecule has 0 saturated carbocycles. The minimum absolute atomic E-state index is 0.0832. The Balaban J connectivity index is 1.65. The number of aromatic nitrogens is 3. The molecule has 4 rings (SSSR count). The van der Waals surface area contributed by atoms with Crippen LogP contribution in [-0.2, 0) is 6.42 Å². The third-order valence-corrected chi connectivity index (χ3v) is 5.04. The predicted molar refractivity (Wildman–Crippen MR) is 104 cm³/mol. The Morgan fingerprint density at radius 1 is 1.04 bits per heavy atom. The molecule has 1 aromatic carbocycles. The number of likely N-dealkylation sites (tertiary alicyclic amines) is 1. The predicted octanol–water partition coefficient (Wildman–Crippen LogP) is 3.24. The highest BCUT2D eigenvalue weighted by molar-refractivity contribution is 5.80. The molecule has 0 amide bonds. The number of aryl methyl sites for hydroxylation is 2. The van der Waals surface area contributed by atoms with Gasteiger partial charge in [0, 0.05) is 23.5 Å². The average molecular weight is 348 g/mol. The molecule has 3 heterocycles. The molecule has 1 fully saturated rings. The fourth-order valence-electron chi connectivity index (χ4n) is 3.74. The number of aromatic amines is 1. The van der Waals surface area contributed by atoms with E-state index in [1.165, 1.54) is 31.5 Å². The van der Waals surface area contributed by atoms with Gasteiger partial charge >= 0.3 is 0 Å². The van der Waals surface area contributed by atoms with Gasteiger partial charge < -0.3 is 9.88 Å². The van der Waals surface area contributed by atoms with E-state index in [9.17, 15) is 4.79 Å². The number of nitrogens with one attached hydrogen (secondary N) is 1. The van der Waals surface area contributed by atoms with Crippen molar-refractivity contribution in [2.75, 3.05) is 19.6 Å². The van der Waals surface area contributed by atoms with Crippen molar-refractivity contribution >= 4 is 10.9 Å². The summed E-state index contributed by atoms with van der Waals surface area (Å²) in [5.74, 6) is 0.598. The molecule has 0 bridgehead atoms. The number of nitrogens with zero attached hydrogens (tertiary/aromatic N) is 3. The molecule has 1 N–H and O–H groups in total. The quantitative estimate of drug-likeness (QED) is 0.786. The first-order valence-corrected chi connectivity index (χ1v) is 9.29. The molecule has 0 unspecified atom stereocenters. The van der Waals surface area contributed by atoms with E-state index in [0.717, 1.165) is 35.4 Å². The second-order valence-electron chi connectivity index (χ2n) is 7.20. The first-order chi connectivity index (χ1) is 12.6. The molecule has 134 valence electrons. The molecule has 5 heteroatoms. The molecule has 1 aliphatic heterocycles. The van der Waals surface area contributed by atoms with Crippen LogP contribution in [0.1, 0.15) is 29.8 Å². The maximum absolute atomic E-state index is 12.6. The van der Waals surface area contributed by atoms with Crippen LogP contribution in [0.3, 0.4) is 0 Å². The summed E-state index contributed by atoms with van der Waals surface area (Å²) in [4.78, 5) is 27.1. The summed E-state index contributed by atoms with van der Waals surface area (Å²) in [6, 6.07) is 9.94. The van der Waals surface area contributed by atoms with Crippen molar-refractivity contribution in [1.29, 1.82) is 0 Å². The maximum atomic E-state index is 12.6. The van der Waals surface area contributed by atoms with Gasteiger partial charge in [0.1, 0.15) is 5.82 Å². The summed E-state index contributed by atoms with van der Waals surface area (Å²) in [5, 5.41) is 0.662. The van der Waals surface area contributed by atoms with Gasteiger partial charge in [0.15, 0.2) is 0 Å². The lowest BCUT2D eigenvalue weighted by Crippen LogP contribution is -2.22. The van der Waals surface area contributed by atoms with Gasteiger partial charge in [-0.3, -0.25) is 9.78 Å². The van der Waals surface area contributed by atoms with Gasteiger partial charge in [-0.2, -0.15) is 0 Å². The van der Waals surface area contributed by atoms with Crippen molar-refractivity contribution in [3.05, 3.63) is 57.6 Å². The lowest BCUT2D eigenvalue weighted by atomic mass is 10.1. The SMILES string of the molecule is Cc1cc(-c2nc3ccc(CCN4CCCC4)cc3c(=O)[nH]2)cc(C)n1. The number of rotatable bonds is 4. The summed E-state index contributed by atoms with van der Waals surface area (Å²) < 4.78 is 0. The van der Waals surface area contributed by atoms with E-state index >= 15 is 0 Å². The summed E-state index contributed by atoms with van der Waals surface area (Å²) in [5.41, 5.74) is 4.58. The average Bonchev–Trinajstić information content (AvgIpc) is 3.13. The third kappa shape index (κ3) is 3.53. The van der Waals surface area contributed by atoms with Gasteiger partial charge in [-0.15, -0.1) is 0 Å². The molecular formula is C21H24N4O. The fraction of sp³-hybridized carbons (Fsp3) is 0.381. The lowest BCUT2D eigenvalue weighted by molar-refractivity contribution is 0.343.